The van der Waals surface area contributed by atoms with Crippen molar-refractivity contribution in [2.45, 2.75) is 33.1 Å². The Kier molecular flexibility index (Phi) is 18.7. The van der Waals surface area contributed by atoms with Crippen molar-refractivity contribution in [3.05, 3.63) is 502 Å². The van der Waals surface area contributed by atoms with Gasteiger partial charge in [-0.3, -0.25) is 0 Å². The van der Waals surface area contributed by atoms with E-state index in [1.807, 2.05) is 0 Å². The molecule has 4 aliphatic rings. The molecule has 0 fully saturated rings. The lowest BCUT2D eigenvalue weighted by Crippen LogP contribution is -2.16. The van der Waals surface area contributed by atoms with Gasteiger partial charge in [-0.1, -0.05) is 378 Å². The Morgan fingerprint density at radius 3 is 0.912 bits per heavy atom. The summed E-state index contributed by atoms with van der Waals surface area (Å²) in [6.45, 7) is 9.24. The minimum atomic E-state index is -0.0684. The third-order valence-corrected chi connectivity index (χ3v) is 29.2. The molecule has 28 rings (SSSR count). The molecule has 0 radical (unpaired) electrons. The molecule has 0 saturated carbocycles. The van der Waals surface area contributed by atoms with Gasteiger partial charge < -0.3 is 23.2 Å². The quantitative estimate of drug-likeness (QED) is 0.134. The summed E-state index contributed by atoms with van der Waals surface area (Å²) in [5.41, 5.74) is 52.8. The fraction of sp³-hybridized carbons (Fsp3) is 0.0382. The summed E-state index contributed by atoms with van der Waals surface area (Å²) in [4.78, 5) is 2.38. The Hall–Kier alpha value is -17.4. The lowest BCUT2D eigenvalue weighted by molar-refractivity contribution is 0.660. The number of fused-ring (bicyclic) bond motifs is 21. The van der Waals surface area contributed by atoms with Crippen molar-refractivity contribution in [3.8, 4) is 168 Å². The van der Waals surface area contributed by atoms with E-state index in [1.165, 1.54) is 245 Å². The maximum absolute atomic E-state index is 2.44. The monoisotopic (exact) mass is 1730 g/mol. The van der Waals surface area contributed by atoms with Gasteiger partial charge in [-0.15, -0.1) is 0 Å². The predicted molar refractivity (Wildman–Crippen MR) is 572 cm³/mol. The van der Waals surface area contributed by atoms with Gasteiger partial charge in [0, 0.05) is 100 Å². The molecule has 0 amide bonds. The minimum absolute atomic E-state index is 0.0684. The Morgan fingerprint density at radius 2 is 0.471 bits per heavy atom. The highest BCUT2D eigenvalue weighted by Gasteiger charge is 2.37. The van der Waals surface area contributed by atoms with Crippen LogP contribution in [0.2, 0.25) is 0 Å². The lowest BCUT2D eigenvalue weighted by atomic mass is 9.82. The Bertz CT molecular complexity index is 8850. The summed E-state index contributed by atoms with van der Waals surface area (Å²) >= 11 is 0. The van der Waals surface area contributed by atoms with Crippen LogP contribution in [-0.4, -0.2) is 18.3 Å². The second-order valence-electron chi connectivity index (χ2n) is 36.9. The van der Waals surface area contributed by atoms with Crippen LogP contribution in [0.15, 0.2) is 479 Å². The van der Waals surface area contributed by atoms with Crippen LogP contribution in [-0.2, 0) is 5.41 Å². The number of para-hydroxylation sites is 4. The zero-order valence-corrected chi connectivity index (χ0v) is 75.8. The molecule has 640 valence electrons. The highest BCUT2D eigenvalue weighted by atomic mass is 15.1. The third kappa shape index (κ3) is 12.5. The molecule has 4 aromatic heterocycles. The smallest absolute Gasteiger partial charge is 0.0619 e. The number of nitrogens with zero attached hydrogens (tertiary/aromatic N) is 5. The first-order valence-electron chi connectivity index (χ1n) is 47.3. The van der Waals surface area contributed by atoms with Crippen molar-refractivity contribution in [1.29, 1.82) is 0 Å². The van der Waals surface area contributed by atoms with Crippen molar-refractivity contribution < 1.29 is 0 Å². The maximum Gasteiger partial charge on any atom is 0.0619 e. The van der Waals surface area contributed by atoms with Gasteiger partial charge in [0.15, 0.2) is 0 Å². The van der Waals surface area contributed by atoms with Gasteiger partial charge in [0.05, 0.1) is 33.3 Å². The largest absolute Gasteiger partial charge is 0.313 e. The molecule has 0 aliphatic heterocycles. The molecule has 20 aromatic carbocycles. The minimum Gasteiger partial charge on any atom is -0.313 e. The maximum atomic E-state index is 2.44. The summed E-state index contributed by atoms with van der Waals surface area (Å²) in [5.74, 6) is 0. The fourth-order valence-electron chi connectivity index (χ4n) is 23.2. The number of anilines is 3. The summed E-state index contributed by atoms with van der Waals surface area (Å²) in [6, 6.07) is 175. The molecule has 136 heavy (non-hydrogen) atoms. The molecule has 4 heterocycles. The van der Waals surface area contributed by atoms with Crippen LogP contribution >= 0.6 is 0 Å². The molecule has 5 nitrogen and oxygen atoms in total. The third-order valence-electron chi connectivity index (χ3n) is 29.2. The molecule has 0 bridgehead atoms. The number of aromatic nitrogens is 4. The van der Waals surface area contributed by atoms with Crippen LogP contribution in [0, 0.1) is 13.8 Å². The summed E-state index contributed by atoms with van der Waals surface area (Å²) < 4.78 is 9.69. The molecule has 0 atom stereocenters. The van der Waals surface area contributed by atoms with Crippen molar-refractivity contribution in [2.75, 3.05) is 4.90 Å². The molecule has 0 N–H and O–H groups in total. The van der Waals surface area contributed by atoms with E-state index in [1.54, 1.807) is 0 Å². The molecule has 0 unspecified atom stereocenters. The average Bonchev–Trinajstić information content (AvgIpc) is 1.53. The first-order chi connectivity index (χ1) is 67.1. The van der Waals surface area contributed by atoms with E-state index in [2.05, 4.69) is 530 Å². The topological polar surface area (TPSA) is 23.0 Å². The number of hydrogen-bond donors (Lipinski definition) is 0. The van der Waals surface area contributed by atoms with Crippen LogP contribution in [0.3, 0.4) is 0 Å². The Balaban J connectivity index is 0.000000109. The molecular formula is C131H91N5. The van der Waals surface area contributed by atoms with E-state index >= 15 is 0 Å². The second kappa shape index (κ2) is 32.0. The molecule has 5 heteroatoms. The second-order valence-corrected chi connectivity index (χ2v) is 36.9. The number of benzene rings is 20. The molecule has 0 saturated heterocycles. The van der Waals surface area contributed by atoms with Crippen molar-refractivity contribution in [3.63, 3.8) is 0 Å². The van der Waals surface area contributed by atoms with E-state index in [0.29, 0.717) is 0 Å². The van der Waals surface area contributed by atoms with Crippen LogP contribution in [0.25, 0.3) is 222 Å². The van der Waals surface area contributed by atoms with E-state index in [0.717, 1.165) is 17.1 Å². The van der Waals surface area contributed by atoms with Gasteiger partial charge in [-0.05, 0) is 263 Å². The van der Waals surface area contributed by atoms with E-state index < -0.39 is 0 Å². The number of hydrogen-bond acceptors (Lipinski definition) is 1. The Labute approximate surface area is 791 Å². The summed E-state index contributed by atoms with van der Waals surface area (Å²) in [6.07, 6.45) is 0. The first kappa shape index (κ1) is 79.6. The van der Waals surface area contributed by atoms with Crippen molar-refractivity contribution in [2.24, 2.45) is 0 Å². The van der Waals surface area contributed by atoms with Gasteiger partial charge in [0.25, 0.3) is 0 Å². The van der Waals surface area contributed by atoms with Gasteiger partial charge in [-0.2, -0.15) is 0 Å². The molecule has 24 aromatic rings. The van der Waals surface area contributed by atoms with Crippen LogP contribution < -0.4 is 4.90 Å². The highest BCUT2D eigenvalue weighted by Crippen LogP contribution is 2.57. The molecular weight excluding hydrogens is 1640 g/mol. The van der Waals surface area contributed by atoms with E-state index in [-0.39, 0.29) is 5.41 Å². The molecule has 0 spiro atoms. The average molecular weight is 1740 g/mol. The van der Waals surface area contributed by atoms with E-state index in [4.69, 9.17) is 0 Å². The highest BCUT2D eigenvalue weighted by molar-refractivity contribution is 6.20. The molecule has 4 aliphatic carbocycles. The zero-order chi connectivity index (χ0) is 90.4. The fourth-order valence-corrected chi connectivity index (χ4v) is 23.2. The van der Waals surface area contributed by atoms with Crippen LogP contribution in [0.1, 0.15) is 36.4 Å². The normalized spacial score (nSPS) is 12.3. The van der Waals surface area contributed by atoms with Crippen LogP contribution in [0.5, 0.6) is 0 Å². The van der Waals surface area contributed by atoms with Gasteiger partial charge in [0.2, 0.25) is 0 Å². The predicted octanol–water partition coefficient (Wildman–Crippen LogP) is 35.3. The van der Waals surface area contributed by atoms with Crippen molar-refractivity contribution in [1.82, 2.24) is 18.3 Å². The van der Waals surface area contributed by atoms with Gasteiger partial charge in [-0.25, -0.2) is 0 Å². The SMILES string of the molecule is Cc1c2c3c(cccc3n1-c1ccc(-c3ccc(-n4c5ccccc5c5ccccc54)cc3)cc1)-c1ccccc1-c1ccccc1-2.Cc1c2c3c(cccc3n1-c1ccc(-c3ccc(N(c4ccccc4)c4ccc5c(c4)C(C)(C)c4ccccc4-5)cc3)cc1)-c1ccccc1-c1ccccc1-2.c1ccc(-c2c3c4c(cccc4n2-c2ccccc2)-c2ccccc2-c2ccccc2-3)cc1. The van der Waals surface area contributed by atoms with Crippen molar-refractivity contribution >= 4 is 71.6 Å². The standard InChI is InChI=1S/C54H40N2.C45H30N2.C32H21N/c1-35-52-47-20-10-9-17-43(47)42-16-7-8-18-44(42)48-21-13-23-51(53(48)52)55(35)39-28-24-36(25-29-39)37-26-30-40(31-27-37)56(38-14-5-4-6-15-38)41-32-33-46-45-19-11-12-22-49(45)54(2,3)50(46)34-41;1-29-44-39-16-5-4-12-35(39)34-11-2-3-13-36(34)40-17-10-20-43(45(40)44)46(29)32-25-21-30(22-26-32)31-23-27-33(28-24-31)47-41-18-8-6-14-37(41)38-15-7-9-19-42(38)47;1-3-12-22(13-4-1)32-31-28-19-10-9-18-26(28)24-16-7-8-17-25(24)27-20-11-21-29(30(27)31)33(32)23-14-5-2-6-15-23/h4-34H,1-3H3;2-28H,1H3;1-21H. The first-order valence-corrected chi connectivity index (χ1v) is 47.3. The van der Waals surface area contributed by atoms with Gasteiger partial charge >= 0.3 is 0 Å². The number of rotatable bonds is 10. The van der Waals surface area contributed by atoms with Gasteiger partial charge in [0.1, 0.15) is 0 Å². The van der Waals surface area contributed by atoms with Crippen LogP contribution in [0.4, 0.5) is 17.1 Å². The lowest BCUT2D eigenvalue weighted by Gasteiger charge is -2.28. The Morgan fingerprint density at radius 1 is 0.184 bits per heavy atom. The zero-order valence-electron chi connectivity index (χ0n) is 75.8. The summed E-state index contributed by atoms with van der Waals surface area (Å²) in [7, 11) is 0. The van der Waals surface area contributed by atoms with E-state index in [9.17, 15) is 0 Å². The summed E-state index contributed by atoms with van der Waals surface area (Å²) in [5, 5.41) is 6.53.